The minimum atomic E-state index is -4.19. The van der Waals surface area contributed by atoms with Crippen LogP contribution in [0.4, 0.5) is 5.69 Å². The van der Waals surface area contributed by atoms with Gasteiger partial charge in [0.1, 0.15) is 18.0 Å². The van der Waals surface area contributed by atoms with Crippen molar-refractivity contribution in [2.45, 2.75) is 18.2 Å². The van der Waals surface area contributed by atoms with Crippen LogP contribution >= 0.6 is 11.6 Å². The quantitative estimate of drug-likeness (QED) is 0.150. The molecule has 4 aromatic rings. The first-order valence-corrected chi connectivity index (χ1v) is 15.8. The zero-order valence-corrected chi connectivity index (χ0v) is 26.3. The summed E-state index contributed by atoms with van der Waals surface area (Å²) >= 11 is 6.18. The molecule has 0 aliphatic heterocycles. The van der Waals surface area contributed by atoms with Gasteiger partial charge in [0.15, 0.2) is 6.61 Å². The number of rotatable bonds is 14. The SMILES string of the molecule is COc1ccc(Cl)cc1N(CC(=O)N/N=C\c1ccc(OCC(=O)NCCc2ccccc2)cc1)S(=O)(=O)c1ccc(C)cc1. The van der Waals surface area contributed by atoms with Gasteiger partial charge in [-0.3, -0.25) is 13.9 Å². The molecule has 0 saturated carbocycles. The zero-order chi connectivity index (χ0) is 32.2. The van der Waals surface area contributed by atoms with E-state index < -0.39 is 22.5 Å². The molecule has 45 heavy (non-hydrogen) atoms. The molecule has 234 valence electrons. The Bertz CT molecular complexity index is 1730. The number of hydrogen-bond acceptors (Lipinski definition) is 7. The Labute approximate surface area is 267 Å². The number of amides is 2. The van der Waals surface area contributed by atoms with Crippen LogP contribution in [-0.2, 0) is 26.0 Å². The number of methoxy groups -OCH3 is 1. The average Bonchev–Trinajstić information content (AvgIpc) is 3.04. The largest absolute Gasteiger partial charge is 0.495 e. The van der Waals surface area contributed by atoms with E-state index in [-0.39, 0.29) is 33.9 Å². The van der Waals surface area contributed by atoms with Crippen molar-refractivity contribution in [2.24, 2.45) is 5.10 Å². The molecule has 0 bridgehead atoms. The Kier molecular flexibility index (Phi) is 11.5. The Morgan fingerprint density at radius 2 is 1.64 bits per heavy atom. The molecule has 0 fully saturated rings. The fourth-order valence-corrected chi connectivity index (χ4v) is 5.77. The molecule has 0 spiro atoms. The maximum Gasteiger partial charge on any atom is 0.264 e. The second-order valence-corrected chi connectivity index (χ2v) is 12.2. The van der Waals surface area contributed by atoms with Crippen LogP contribution in [0.15, 0.2) is 107 Å². The van der Waals surface area contributed by atoms with Gasteiger partial charge in [-0.2, -0.15) is 5.10 Å². The molecule has 0 saturated heterocycles. The highest BCUT2D eigenvalue weighted by Crippen LogP contribution is 2.34. The minimum absolute atomic E-state index is 0.00148. The molecule has 0 heterocycles. The van der Waals surface area contributed by atoms with E-state index in [2.05, 4.69) is 15.8 Å². The number of benzene rings is 4. The van der Waals surface area contributed by atoms with Crippen LogP contribution in [0, 0.1) is 6.92 Å². The Balaban J connectivity index is 1.34. The van der Waals surface area contributed by atoms with Crippen LogP contribution in [0.25, 0.3) is 0 Å². The number of halogens is 1. The Hall–Kier alpha value is -4.87. The van der Waals surface area contributed by atoms with Crippen molar-refractivity contribution < 1.29 is 27.5 Å². The Morgan fingerprint density at radius 1 is 0.933 bits per heavy atom. The first-order chi connectivity index (χ1) is 21.7. The number of hydrogen-bond donors (Lipinski definition) is 2. The number of carbonyl (C=O) groups is 2. The van der Waals surface area contributed by atoms with Crippen molar-refractivity contribution in [3.8, 4) is 11.5 Å². The fraction of sp³-hybridized carbons (Fsp3) is 0.182. The molecule has 0 aliphatic rings. The van der Waals surface area contributed by atoms with E-state index in [1.54, 1.807) is 42.5 Å². The van der Waals surface area contributed by atoms with Crippen molar-refractivity contribution in [3.63, 3.8) is 0 Å². The van der Waals surface area contributed by atoms with Gasteiger partial charge >= 0.3 is 0 Å². The zero-order valence-electron chi connectivity index (χ0n) is 24.8. The van der Waals surface area contributed by atoms with Crippen molar-refractivity contribution in [3.05, 3.63) is 119 Å². The molecule has 0 unspecified atom stereocenters. The van der Waals surface area contributed by atoms with Crippen LogP contribution in [0.1, 0.15) is 16.7 Å². The van der Waals surface area contributed by atoms with Gasteiger partial charge in [0.05, 0.1) is 23.9 Å². The fourth-order valence-electron chi connectivity index (χ4n) is 4.18. The smallest absolute Gasteiger partial charge is 0.264 e. The molecule has 4 aromatic carbocycles. The molecule has 0 aliphatic carbocycles. The van der Waals surface area contributed by atoms with E-state index >= 15 is 0 Å². The van der Waals surface area contributed by atoms with E-state index in [0.717, 1.165) is 21.9 Å². The van der Waals surface area contributed by atoms with Gasteiger partial charge in [0.2, 0.25) is 0 Å². The van der Waals surface area contributed by atoms with Crippen molar-refractivity contribution in [1.29, 1.82) is 0 Å². The van der Waals surface area contributed by atoms with Gasteiger partial charge < -0.3 is 14.8 Å². The second kappa shape index (κ2) is 15.7. The predicted molar refractivity (Wildman–Crippen MR) is 175 cm³/mol. The summed E-state index contributed by atoms with van der Waals surface area (Å²) in [5.74, 6) is -0.213. The molecule has 12 heteroatoms. The molecule has 4 rings (SSSR count). The molecule has 0 radical (unpaired) electrons. The summed E-state index contributed by atoms with van der Waals surface area (Å²) in [5, 5.41) is 7.06. The van der Waals surface area contributed by atoms with Gasteiger partial charge in [0, 0.05) is 11.6 Å². The molecule has 2 N–H and O–H groups in total. The number of carbonyl (C=O) groups excluding carboxylic acids is 2. The summed E-state index contributed by atoms with van der Waals surface area (Å²) in [7, 11) is -2.79. The predicted octanol–water partition coefficient (Wildman–Crippen LogP) is 4.74. The number of nitrogens with one attached hydrogen (secondary N) is 2. The van der Waals surface area contributed by atoms with E-state index in [0.29, 0.717) is 17.9 Å². The first kappa shape index (κ1) is 33.0. The summed E-state index contributed by atoms with van der Waals surface area (Å²) in [5.41, 5.74) is 5.12. The highest BCUT2D eigenvalue weighted by molar-refractivity contribution is 7.92. The summed E-state index contributed by atoms with van der Waals surface area (Å²) < 4.78 is 39.2. The van der Waals surface area contributed by atoms with E-state index in [1.165, 1.54) is 37.6 Å². The third-order valence-corrected chi connectivity index (χ3v) is 8.55. The Morgan fingerprint density at radius 3 is 2.33 bits per heavy atom. The lowest BCUT2D eigenvalue weighted by molar-refractivity contribution is -0.123. The summed E-state index contributed by atoms with van der Waals surface area (Å²) in [6.07, 6.45) is 2.13. The van der Waals surface area contributed by atoms with Crippen LogP contribution in [0.2, 0.25) is 5.02 Å². The lowest BCUT2D eigenvalue weighted by Gasteiger charge is -2.25. The number of anilines is 1. The maximum atomic E-state index is 13.7. The van der Waals surface area contributed by atoms with Gasteiger partial charge in [-0.05, 0) is 79.1 Å². The highest BCUT2D eigenvalue weighted by Gasteiger charge is 2.29. The van der Waals surface area contributed by atoms with Crippen molar-refractivity contribution in [2.75, 3.05) is 31.1 Å². The number of ether oxygens (including phenoxy) is 2. The summed E-state index contributed by atoms with van der Waals surface area (Å²) in [4.78, 5) is 25.0. The first-order valence-electron chi connectivity index (χ1n) is 13.9. The van der Waals surface area contributed by atoms with Gasteiger partial charge in [-0.25, -0.2) is 13.8 Å². The van der Waals surface area contributed by atoms with Crippen molar-refractivity contribution >= 4 is 45.3 Å². The minimum Gasteiger partial charge on any atom is -0.495 e. The van der Waals surface area contributed by atoms with Crippen LogP contribution < -0.4 is 24.5 Å². The molecular formula is C33H33ClN4O6S. The van der Waals surface area contributed by atoms with E-state index in [9.17, 15) is 18.0 Å². The summed E-state index contributed by atoms with van der Waals surface area (Å²) in [6, 6.07) is 27.4. The van der Waals surface area contributed by atoms with Gasteiger partial charge in [0.25, 0.3) is 21.8 Å². The lowest BCUT2D eigenvalue weighted by Crippen LogP contribution is -2.39. The number of aryl methyl sites for hydroxylation is 1. The molecular weight excluding hydrogens is 616 g/mol. The third kappa shape index (κ3) is 9.56. The van der Waals surface area contributed by atoms with E-state index in [1.807, 2.05) is 37.3 Å². The molecule has 10 nitrogen and oxygen atoms in total. The molecule has 0 aromatic heterocycles. The van der Waals surface area contributed by atoms with Gasteiger partial charge in [-0.15, -0.1) is 0 Å². The highest BCUT2D eigenvalue weighted by atomic mass is 35.5. The second-order valence-electron chi connectivity index (χ2n) is 9.88. The molecule has 0 atom stereocenters. The van der Waals surface area contributed by atoms with E-state index in [4.69, 9.17) is 21.1 Å². The van der Waals surface area contributed by atoms with Crippen molar-refractivity contribution in [1.82, 2.24) is 10.7 Å². The third-order valence-electron chi connectivity index (χ3n) is 6.54. The lowest BCUT2D eigenvalue weighted by atomic mass is 10.1. The monoisotopic (exact) mass is 648 g/mol. The average molecular weight is 649 g/mol. The summed E-state index contributed by atoms with van der Waals surface area (Å²) in [6.45, 7) is 1.63. The van der Waals surface area contributed by atoms with Gasteiger partial charge in [-0.1, -0.05) is 59.6 Å². The number of nitrogens with zero attached hydrogens (tertiary/aromatic N) is 2. The molecule has 2 amide bonds. The number of hydrazone groups is 1. The van der Waals surface area contributed by atoms with Crippen LogP contribution in [0.3, 0.4) is 0 Å². The van der Waals surface area contributed by atoms with Crippen LogP contribution in [0.5, 0.6) is 11.5 Å². The normalized spacial score (nSPS) is 11.2. The standard InChI is InChI=1S/C33H33ClN4O6S/c1-24-8-15-29(16-9-24)45(41,42)38(30-20-27(34)12-17-31(30)43-2)22-32(39)37-36-21-26-10-13-28(14-11-26)44-23-33(40)35-19-18-25-6-4-3-5-7-25/h3-17,20-21H,18-19,22-23H2,1-2H3,(H,35,40)(H,37,39)/b36-21-. The number of sulfonamides is 1. The maximum absolute atomic E-state index is 13.7. The topological polar surface area (TPSA) is 126 Å². The van der Waals surface area contributed by atoms with Crippen LogP contribution in [-0.4, -0.2) is 53.3 Å².